The number of carboxylic acids is 1. The minimum atomic E-state index is -4.64. The van der Waals surface area contributed by atoms with Crippen molar-refractivity contribution in [2.75, 3.05) is 0 Å². The van der Waals surface area contributed by atoms with Gasteiger partial charge in [0.15, 0.2) is 0 Å². The Kier molecular flexibility index (Phi) is 7.35. The van der Waals surface area contributed by atoms with Gasteiger partial charge in [-0.25, -0.2) is 8.78 Å². The van der Waals surface area contributed by atoms with Gasteiger partial charge in [0.1, 0.15) is 11.3 Å². The van der Waals surface area contributed by atoms with Gasteiger partial charge in [0.2, 0.25) is 5.92 Å². The lowest BCUT2D eigenvalue weighted by Crippen LogP contribution is -2.52. The first-order valence-corrected chi connectivity index (χ1v) is 13.6. The Morgan fingerprint density at radius 2 is 1.63 bits per heavy atom. The second kappa shape index (κ2) is 10.3. The summed E-state index contributed by atoms with van der Waals surface area (Å²) in [5.41, 5.74) is 0.0624. The van der Waals surface area contributed by atoms with Crippen LogP contribution in [-0.4, -0.2) is 40.1 Å². The molecule has 2 atom stereocenters. The minimum Gasteiger partial charge on any atom is -0.490 e. The van der Waals surface area contributed by atoms with E-state index < -0.39 is 35.7 Å². The second-order valence-corrected chi connectivity index (χ2v) is 11.5. The molecule has 38 heavy (non-hydrogen) atoms. The lowest BCUT2D eigenvalue weighted by molar-refractivity contribution is -0.146. The Bertz CT molecular complexity index is 1160. The molecule has 2 aliphatic heterocycles. The molecule has 3 aliphatic rings. The maximum atomic E-state index is 14.2. The third-order valence-corrected chi connectivity index (χ3v) is 8.85. The molecular weight excluding hydrogens is 505 g/mol. The van der Waals surface area contributed by atoms with Gasteiger partial charge in [0, 0.05) is 24.5 Å². The highest BCUT2D eigenvalue weighted by molar-refractivity contribution is 5.89. The van der Waals surface area contributed by atoms with E-state index in [4.69, 9.17) is 4.74 Å². The van der Waals surface area contributed by atoms with Crippen LogP contribution in [0.4, 0.5) is 22.0 Å². The number of benzene rings is 2. The van der Waals surface area contributed by atoms with E-state index in [1.807, 2.05) is 0 Å². The molecule has 0 aromatic heterocycles. The number of rotatable bonds is 6. The summed E-state index contributed by atoms with van der Waals surface area (Å²) in [5.74, 6) is -4.91. The van der Waals surface area contributed by atoms with Crippen LogP contribution in [0.5, 0.6) is 5.75 Å². The highest BCUT2D eigenvalue weighted by Crippen LogP contribution is 2.44. The number of carboxylic acid groups (broad SMARTS) is 1. The van der Waals surface area contributed by atoms with Crippen LogP contribution in [0.2, 0.25) is 0 Å². The van der Waals surface area contributed by atoms with Crippen molar-refractivity contribution in [1.82, 2.24) is 4.90 Å². The fourth-order valence-electron chi connectivity index (χ4n) is 6.86. The number of alkyl halides is 5. The molecule has 208 valence electrons. The Morgan fingerprint density at radius 3 is 2.21 bits per heavy atom. The largest absolute Gasteiger partial charge is 0.490 e. The Morgan fingerprint density at radius 1 is 0.974 bits per heavy atom. The normalized spacial score (nSPS) is 28.8. The number of piperidine rings is 2. The molecule has 2 aromatic rings. The number of ether oxygens (including phenoxy) is 1. The predicted molar refractivity (Wildman–Crippen MR) is 133 cm³/mol. The molecule has 0 spiro atoms. The van der Waals surface area contributed by atoms with Gasteiger partial charge < -0.3 is 9.84 Å². The number of nitrogens with zero attached hydrogens (tertiary/aromatic N) is 1. The van der Waals surface area contributed by atoms with Crippen molar-refractivity contribution in [3.05, 3.63) is 41.5 Å². The second-order valence-electron chi connectivity index (χ2n) is 11.5. The number of fused-ring (bicyclic) bond motifs is 3. The van der Waals surface area contributed by atoms with Crippen molar-refractivity contribution >= 4 is 16.7 Å². The number of halogens is 5. The summed E-state index contributed by atoms with van der Waals surface area (Å²) in [6.07, 6.45) is 0.0137. The number of hydrogen-bond donors (Lipinski definition) is 1. The lowest BCUT2D eigenvalue weighted by atomic mass is 9.78. The van der Waals surface area contributed by atoms with E-state index in [2.05, 4.69) is 4.90 Å². The molecule has 2 aromatic carbocycles. The molecule has 1 N–H and O–H groups in total. The van der Waals surface area contributed by atoms with Crippen LogP contribution in [0, 0.1) is 11.8 Å². The lowest BCUT2D eigenvalue weighted by Gasteiger charge is -2.48. The van der Waals surface area contributed by atoms with Crippen molar-refractivity contribution in [3.63, 3.8) is 0 Å². The average Bonchev–Trinajstić information content (AvgIpc) is 2.82. The smallest absolute Gasteiger partial charge is 0.420 e. The first kappa shape index (κ1) is 27.2. The summed E-state index contributed by atoms with van der Waals surface area (Å²) in [5, 5.41) is 10.0. The highest BCUT2D eigenvalue weighted by atomic mass is 19.4. The molecule has 1 aliphatic carbocycles. The molecule has 2 unspecified atom stereocenters. The average molecular weight is 540 g/mol. The molecule has 3 fully saturated rings. The van der Waals surface area contributed by atoms with Gasteiger partial charge in [-0.3, -0.25) is 9.69 Å². The Hall–Kier alpha value is -2.42. The third-order valence-electron chi connectivity index (χ3n) is 8.85. The molecule has 9 heteroatoms. The van der Waals surface area contributed by atoms with E-state index in [0.29, 0.717) is 37.6 Å². The molecule has 0 radical (unpaired) electrons. The first-order valence-electron chi connectivity index (χ1n) is 13.6. The zero-order valence-corrected chi connectivity index (χ0v) is 21.4. The number of aliphatic carboxylic acids is 1. The quantitative estimate of drug-likeness (QED) is 0.383. The van der Waals surface area contributed by atoms with E-state index in [9.17, 15) is 31.9 Å². The summed E-state index contributed by atoms with van der Waals surface area (Å²) >= 11 is 0. The summed E-state index contributed by atoms with van der Waals surface area (Å²) in [6, 6.07) is 8.31. The van der Waals surface area contributed by atoms with Crippen molar-refractivity contribution < 1.29 is 36.6 Å². The van der Waals surface area contributed by atoms with Crippen LogP contribution in [-0.2, 0) is 17.5 Å². The zero-order chi connectivity index (χ0) is 27.2. The van der Waals surface area contributed by atoms with Crippen LogP contribution >= 0.6 is 0 Å². The topological polar surface area (TPSA) is 49.8 Å². The summed E-state index contributed by atoms with van der Waals surface area (Å²) in [4.78, 5) is 13.9. The fraction of sp³-hybridized carbons (Fsp3) is 0.621. The Labute approximate surface area is 219 Å². The molecule has 2 bridgehead atoms. The maximum absolute atomic E-state index is 14.2. The molecule has 2 heterocycles. The van der Waals surface area contributed by atoms with Crippen LogP contribution in [0.1, 0.15) is 75.8 Å². The van der Waals surface area contributed by atoms with Crippen LogP contribution in [0.3, 0.4) is 0 Å². The summed E-state index contributed by atoms with van der Waals surface area (Å²) < 4.78 is 75.8. The summed E-state index contributed by atoms with van der Waals surface area (Å²) in [6.45, 7) is 1.46. The van der Waals surface area contributed by atoms with Gasteiger partial charge in [0.25, 0.3) is 0 Å². The predicted octanol–water partition coefficient (Wildman–Crippen LogP) is 7.67. The SMILES string of the molecule is CC(F)(F)C1CCC(Oc2ccc3cc(CN4C5CCCC4CC(C(=O)O)C5)ccc3c2C(F)(F)F)CC1. The van der Waals surface area contributed by atoms with E-state index >= 15 is 0 Å². The monoisotopic (exact) mass is 539 g/mol. The van der Waals surface area contributed by atoms with Crippen LogP contribution in [0.25, 0.3) is 10.8 Å². The summed E-state index contributed by atoms with van der Waals surface area (Å²) in [7, 11) is 0. The van der Waals surface area contributed by atoms with Gasteiger partial charge in [-0.05, 0) is 86.8 Å². The molecular formula is C29H34F5NO3. The Balaban J connectivity index is 1.36. The minimum absolute atomic E-state index is 0.0531. The van der Waals surface area contributed by atoms with Crippen LogP contribution < -0.4 is 4.74 Å². The standard InChI is InChI=1S/C29H34F5NO3/c1-28(30,31)20-7-9-23(10-8-20)38-25-12-6-18-13-17(5-11-24(18)26(25)29(32,33)34)16-35-21-3-2-4-22(35)15-19(14-21)27(36)37/h5-6,11-13,19-23H,2-4,7-10,14-16H2,1H3,(H,36,37). The molecule has 1 saturated carbocycles. The van der Waals surface area contributed by atoms with Gasteiger partial charge in [-0.1, -0.05) is 24.6 Å². The zero-order valence-electron chi connectivity index (χ0n) is 21.4. The molecule has 5 rings (SSSR count). The van der Waals surface area contributed by atoms with Crippen LogP contribution in [0.15, 0.2) is 30.3 Å². The number of hydrogen-bond acceptors (Lipinski definition) is 3. The highest BCUT2D eigenvalue weighted by Gasteiger charge is 2.42. The van der Waals surface area contributed by atoms with Gasteiger partial charge in [-0.2, -0.15) is 13.2 Å². The van der Waals surface area contributed by atoms with Gasteiger partial charge in [-0.15, -0.1) is 0 Å². The van der Waals surface area contributed by atoms with Crippen molar-refractivity contribution in [3.8, 4) is 5.75 Å². The van der Waals surface area contributed by atoms with E-state index in [1.165, 1.54) is 12.1 Å². The third kappa shape index (κ3) is 5.63. The molecule has 4 nitrogen and oxygen atoms in total. The van der Waals surface area contributed by atoms with Gasteiger partial charge in [0.05, 0.1) is 12.0 Å². The fourth-order valence-corrected chi connectivity index (χ4v) is 6.86. The molecule has 0 amide bonds. The van der Waals surface area contributed by atoms with Crippen molar-refractivity contribution in [2.24, 2.45) is 11.8 Å². The number of carbonyl (C=O) groups is 1. The van der Waals surface area contributed by atoms with E-state index in [0.717, 1.165) is 31.7 Å². The maximum Gasteiger partial charge on any atom is 0.420 e. The molecule has 2 saturated heterocycles. The van der Waals surface area contributed by atoms with Crippen molar-refractivity contribution in [2.45, 2.75) is 102 Å². The van der Waals surface area contributed by atoms with E-state index in [1.54, 1.807) is 18.2 Å². The van der Waals surface area contributed by atoms with Crippen molar-refractivity contribution in [1.29, 1.82) is 0 Å². The van der Waals surface area contributed by atoms with Gasteiger partial charge >= 0.3 is 12.1 Å². The van der Waals surface area contributed by atoms with E-state index in [-0.39, 0.29) is 42.0 Å². The first-order chi connectivity index (χ1) is 17.9.